The summed E-state index contributed by atoms with van der Waals surface area (Å²) in [6.07, 6.45) is 2.32. The van der Waals surface area contributed by atoms with Gasteiger partial charge in [0.15, 0.2) is 0 Å². The Labute approximate surface area is 119 Å². The van der Waals surface area contributed by atoms with Crippen LogP contribution in [-0.2, 0) is 11.2 Å². The number of carbonyl (C=O) groups excluding carboxylic acids is 2. The van der Waals surface area contributed by atoms with Crippen molar-refractivity contribution in [3.05, 3.63) is 34.9 Å². The Hall–Kier alpha value is -1.68. The van der Waals surface area contributed by atoms with Crippen LogP contribution in [0.25, 0.3) is 0 Å². The van der Waals surface area contributed by atoms with Crippen molar-refractivity contribution in [3.63, 3.8) is 0 Å². The van der Waals surface area contributed by atoms with Crippen LogP contribution in [0.2, 0.25) is 0 Å². The summed E-state index contributed by atoms with van der Waals surface area (Å²) < 4.78 is 0. The first-order valence-corrected chi connectivity index (χ1v) is 7.18. The Morgan fingerprint density at radius 3 is 2.50 bits per heavy atom. The molecule has 4 heteroatoms. The second-order valence-corrected chi connectivity index (χ2v) is 5.45. The molecule has 0 aliphatic carbocycles. The van der Waals surface area contributed by atoms with Crippen LogP contribution in [0.3, 0.4) is 0 Å². The summed E-state index contributed by atoms with van der Waals surface area (Å²) in [5.74, 6) is 0.0282. The van der Waals surface area contributed by atoms with Gasteiger partial charge in [0.2, 0.25) is 5.91 Å². The fraction of sp³-hybridized carbons (Fsp3) is 0.500. The molecule has 1 atom stereocenters. The molecule has 1 aliphatic rings. The second-order valence-electron chi connectivity index (χ2n) is 5.45. The minimum absolute atomic E-state index is 0.0639. The first-order valence-electron chi connectivity index (χ1n) is 7.18. The average Bonchev–Trinajstić information content (AvgIpc) is 2.46. The maximum absolute atomic E-state index is 12.2. The topological polar surface area (TPSA) is 63.4 Å². The van der Waals surface area contributed by atoms with Crippen molar-refractivity contribution >= 4 is 11.8 Å². The van der Waals surface area contributed by atoms with Gasteiger partial charge in [-0.25, -0.2) is 0 Å². The van der Waals surface area contributed by atoms with E-state index in [9.17, 15) is 9.59 Å². The predicted molar refractivity (Wildman–Crippen MR) is 78.2 cm³/mol. The highest BCUT2D eigenvalue weighted by molar-refractivity contribution is 6.09. The number of likely N-dealkylation sites (N-methyl/N-ethyl adjacent to an activating group) is 1. The molecule has 0 saturated carbocycles. The highest BCUT2D eigenvalue weighted by Crippen LogP contribution is 2.28. The first-order chi connectivity index (χ1) is 9.49. The Morgan fingerprint density at radius 1 is 1.25 bits per heavy atom. The number of hydrogen-bond acceptors (Lipinski definition) is 3. The van der Waals surface area contributed by atoms with Crippen LogP contribution >= 0.6 is 0 Å². The molecule has 2 amide bonds. The number of benzene rings is 1. The lowest BCUT2D eigenvalue weighted by Crippen LogP contribution is -2.39. The van der Waals surface area contributed by atoms with Gasteiger partial charge in [0, 0.05) is 18.7 Å². The van der Waals surface area contributed by atoms with E-state index in [1.807, 2.05) is 18.2 Å². The SMILES string of the molecule is CCC(CC)C(N)c1ccc2c(c1)C(=O)N(C)C(=O)C2. The van der Waals surface area contributed by atoms with Gasteiger partial charge >= 0.3 is 0 Å². The summed E-state index contributed by atoms with van der Waals surface area (Å²) in [5.41, 5.74) is 8.71. The molecule has 0 saturated heterocycles. The van der Waals surface area contributed by atoms with Gasteiger partial charge in [-0.15, -0.1) is 0 Å². The third kappa shape index (κ3) is 2.48. The van der Waals surface area contributed by atoms with Crippen molar-refractivity contribution in [2.24, 2.45) is 11.7 Å². The molecule has 2 rings (SSSR count). The van der Waals surface area contributed by atoms with Crippen molar-refractivity contribution in [2.75, 3.05) is 7.05 Å². The maximum Gasteiger partial charge on any atom is 0.260 e. The molecular formula is C16H22N2O2. The fourth-order valence-corrected chi connectivity index (χ4v) is 2.80. The summed E-state index contributed by atoms with van der Waals surface area (Å²) in [4.78, 5) is 25.0. The monoisotopic (exact) mass is 274 g/mol. The van der Waals surface area contributed by atoms with E-state index in [0.29, 0.717) is 11.5 Å². The average molecular weight is 274 g/mol. The number of amides is 2. The number of fused-ring (bicyclic) bond motifs is 1. The van der Waals surface area contributed by atoms with Gasteiger partial charge in [0.1, 0.15) is 0 Å². The normalized spacial score (nSPS) is 16.6. The Balaban J connectivity index is 2.37. The molecule has 108 valence electrons. The van der Waals surface area contributed by atoms with E-state index >= 15 is 0 Å². The quantitative estimate of drug-likeness (QED) is 0.857. The summed E-state index contributed by atoms with van der Waals surface area (Å²) in [5, 5.41) is 0. The molecule has 4 nitrogen and oxygen atoms in total. The molecule has 1 heterocycles. The minimum atomic E-state index is -0.227. The molecule has 0 fully saturated rings. The Bertz CT molecular complexity index is 535. The lowest BCUT2D eigenvalue weighted by Gasteiger charge is -2.26. The van der Waals surface area contributed by atoms with Crippen LogP contribution in [0.1, 0.15) is 54.2 Å². The second kappa shape index (κ2) is 5.75. The van der Waals surface area contributed by atoms with E-state index in [-0.39, 0.29) is 24.3 Å². The van der Waals surface area contributed by atoms with Gasteiger partial charge in [0.25, 0.3) is 5.91 Å². The number of nitrogens with two attached hydrogens (primary N) is 1. The molecule has 0 bridgehead atoms. The van der Waals surface area contributed by atoms with E-state index in [2.05, 4.69) is 13.8 Å². The Kier molecular flexibility index (Phi) is 4.23. The molecule has 1 aromatic rings. The van der Waals surface area contributed by atoms with Gasteiger partial charge in [-0.05, 0) is 23.1 Å². The van der Waals surface area contributed by atoms with E-state index < -0.39 is 0 Å². The number of carbonyl (C=O) groups is 2. The van der Waals surface area contributed by atoms with Gasteiger partial charge in [-0.1, -0.05) is 38.8 Å². The zero-order valence-electron chi connectivity index (χ0n) is 12.3. The van der Waals surface area contributed by atoms with Crippen LogP contribution in [0.4, 0.5) is 0 Å². The molecular weight excluding hydrogens is 252 g/mol. The van der Waals surface area contributed by atoms with Crippen LogP contribution < -0.4 is 5.73 Å². The van der Waals surface area contributed by atoms with Gasteiger partial charge in [-0.3, -0.25) is 14.5 Å². The largest absolute Gasteiger partial charge is 0.324 e. The summed E-state index contributed by atoms with van der Waals surface area (Å²) in [7, 11) is 1.53. The molecule has 1 aromatic carbocycles. The van der Waals surface area contributed by atoms with Crippen LogP contribution in [0.5, 0.6) is 0 Å². The lowest BCUT2D eigenvalue weighted by molar-refractivity contribution is -0.127. The van der Waals surface area contributed by atoms with Crippen molar-refractivity contribution < 1.29 is 9.59 Å². The number of nitrogens with zero attached hydrogens (tertiary/aromatic N) is 1. The van der Waals surface area contributed by atoms with Gasteiger partial charge in [0.05, 0.1) is 6.42 Å². The van der Waals surface area contributed by atoms with E-state index in [1.165, 1.54) is 11.9 Å². The maximum atomic E-state index is 12.2. The Morgan fingerprint density at radius 2 is 1.90 bits per heavy atom. The smallest absolute Gasteiger partial charge is 0.260 e. The first kappa shape index (κ1) is 14.7. The highest BCUT2D eigenvalue weighted by Gasteiger charge is 2.29. The summed E-state index contributed by atoms with van der Waals surface area (Å²) >= 11 is 0. The minimum Gasteiger partial charge on any atom is -0.324 e. The summed E-state index contributed by atoms with van der Waals surface area (Å²) in [6.45, 7) is 4.26. The lowest BCUT2D eigenvalue weighted by atomic mass is 9.87. The zero-order valence-corrected chi connectivity index (χ0v) is 12.3. The fourth-order valence-electron chi connectivity index (χ4n) is 2.80. The molecule has 20 heavy (non-hydrogen) atoms. The standard InChI is InChI=1S/C16H22N2O2/c1-4-10(5-2)15(17)12-7-6-11-9-14(19)18(3)16(20)13(11)8-12/h6-8,10,15H,4-5,9,17H2,1-3H3. The van der Waals surface area contributed by atoms with Crippen LogP contribution in [-0.4, -0.2) is 23.8 Å². The van der Waals surface area contributed by atoms with Crippen molar-refractivity contribution in [1.29, 1.82) is 0 Å². The number of imide groups is 1. The molecule has 0 spiro atoms. The molecule has 0 radical (unpaired) electrons. The van der Waals surface area contributed by atoms with E-state index in [4.69, 9.17) is 5.73 Å². The highest BCUT2D eigenvalue weighted by atomic mass is 16.2. The molecule has 1 aliphatic heterocycles. The van der Waals surface area contributed by atoms with Crippen LogP contribution in [0.15, 0.2) is 18.2 Å². The third-order valence-electron chi connectivity index (χ3n) is 4.33. The van der Waals surface area contributed by atoms with E-state index in [0.717, 1.165) is 24.0 Å². The molecule has 2 N–H and O–H groups in total. The predicted octanol–water partition coefficient (Wildman–Crippen LogP) is 2.28. The van der Waals surface area contributed by atoms with Crippen molar-refractivity contribution in [1.82, 2.24) is 4.90 Å². The summed E-state index contributed by atoms with van der Waals surface area (Å²) in [6, 6.07) is 5.62. The van der Waals surface area contributed by atoms with Gasteiger partial charge in [-0.2, -0.15) is 0 Å². The number of hydrogen-bond donors (Lipinski definition) is 1. The van der Waals surface area contributed by atoms with E-state index in [1.54, 1.807) is 0 Å². The van der Waals surface area contributed by atoms with Crippen molar-refractivity contribution in [3.8, 4) is 0 Å². The number of rotatable bonds is 4. The van der Waals surface area contributed by atoms with Gasteiger partial charge < -0.3 is 5.73 Å². The zero-order chi connectivity index (χ0) is 14.9. The molecule has 0 aromatic heterocycles. The third-order valence-corrected chi connectivity index (χ3v) is 4.33. The van der Waals surface area contributed by atoms with Crippen LogP contribution in [0, 0.1) is 5.92 Å². The molecule has 1 unspecified atom stereocenters. The van der Waals surface area contributed by atoms with Crippen molar-refractivity contribution in [2.45, 2.75) is 39.2 Å².